The normalized spacial score (nSPS) is 8.80. The smallest absolute Gasteiger partial charge is 0.375 e. The summed E-state index contributed by atoms with van der Waals surface area (Å²) in [4.78, 5) is 19.6. The van der Waals surface area contributed by atoms with Crippen LogP contribution in [-0.2, 0) is 28.9 Å². The van der Waals surface area contributed by atoms with E-state index < -0.39 is 9.96 Å². The number of benzene rings is 1. The van der Waals surface area contributed by atoms with Crippen molar-refractivity contribution in [1.82, 2.24) is 0 Å². The molecule has 84 valence electrons. The second-order valence-electron chi connectivity index (χ2n) is 2.46. The SMILES string of the molecule is O=[N+]([O-])[N-]Cc1ccc([N+](=O)[O-])cc1.[Ag+]. The Labute approximate surface area is 100 Å². The molecular formula is C7H6AgN3O4. The van der Waals surface area contributed by atoms with Gasteiger partial charge < -0.3 is 5.43 Å². The third-order valence-electron chi connectivity index (χ3n) is 1.52. The molecule has 0 N–H and O–H groups in total. The molecule has 0 heterocycles. The van der Waals surface area contributed by atoms with Crippen molar-refractivity contribution < 1.29 is 32.3 Å². The van der Waals surface area contributed by atoms with Gasteiger partial charge in [-0.3, -0.25) is 20.2 Å². The van der Waals surface area contributed by atoms with Gasteiger partial charge in [-0.25, -0.2) is 0 Å². The molecule has 15 heavy (non-hydrogen) atoms. The number of nitro benzene ring substituents is 1. The summed E-state index contributed by atoms with van der Waals surface area (Å²) >= 11 is 0. The average molecular weight is 304 g/mol. The van der Waals surface area contributed by atoms with E-state index in [1.165, 1.54) is 24.3 Å². The number of rotatable bonds is 4. The van der Waals surface area contributed by atoms with Crippen LogP contribution in [0.3, 0.4) is 0 Å². The van der Waals surface area contributed by atoms with Crippen LogP contribution in [0.1, 0.15) is 5.56 Å². The summed E-state index contributed by atoms with van der Waals surface area (Å²) < 4.78 is 0. The van der Waals surface area contributed by atoms with Crippen molar-refractivity contribution in [3.63, 3.8) is 0 Å². The predicted octanol–water partition coefficient (Wildman–Crippen LogP) is 1.66. The molecule has 0 aliphatic carbocycles. The largest absolute Gasteiger partial charge is 1.00 e. The summed E-state index contributed by atoms with van der Waals surface area (Å²) in [7, 11) is 0. The average Bonchev–Trinajstić information content (AvgIpc) is 2.15. The van der Waals surface area contributed by atoms with E-state index in [-0.39, 0.29) is 34.6 Å². The van der Waals surface area contributed by atoms with E-state index in [2.05, 4.69) is 5.43 Å². The molecule has 1 aromatic carbocycles. The van der Waals surface area contributed by atoms with Gasteiger partial charge in [0.2, 0.25) is 0 Å². The van der Waals surface area contributed by atoms with E-state index in [0.29, 0.717) is 5.56 Å². The zero-order chi connectivity index (χ0) is 10.6. The van der Waals surface area contributed by atoms with Gasteiger partial charge in [0.1, 0.15) is 0 Å². The maximum atomic E-state index is 10.3. The quantitative estimate of drug-likeness (QED) is 0.479. The number of hydrogen-bond acceptors (Lipinski definition) is 4. The monoisotopic (exact) mass is 303 g/mol. The van der Waals surface area contributed by atoms with E-state index >= 15 is 0 Å². The van der Waals surface area contributed by atoms with Gasteiger partial charge in [-0.2, -0.15) is 0 Å². The Bertz CT molecular complexity index is 354. The topological polar surface area (TPSA) is 100 Å². The van der Waals surface area contributed by atoms with Crippen molar-refractivity contribution >= 4 is 5.69 Å². The summed E-state index contributed by atoms with van der Waals surface area (Å²) in [5.74, 6) is 0. The van der Waals surface area contributed by atoms with E-state index in [1.807, 2.05) is 0 Å². The molecule has 1 rings (SSSR count). The zero-order valence-corrected chi connectivity index (χ0v) is 8.77. The molecule has 0 saturated heterocycles. The van der Waals surface area contributed by atoms with E-state index in [1.54, 1.807) is 0 Å². The first-order chi connectivity index (χ1) is 6.59. The molecule has 0 unspecified atom stereocenters. The van der Waals surface area contributed by atoms with Crippen LogP contribution in [0.15, 0.2) is 24.3 Å². The van der Waals surface area contributed by atoms with Crippen LogP contribution in [0, 0.1) is 20.2 Å². The molecule has 7 nitrogen and oxygen atoms in total. The van der Waals surface area contributed by atoms with Gasteiger partial charge in [0, 0.05) is 12.1 Å². The van der Waals surface area contributed by atoms with Gasteiger partial charge >= 0.3 is 22.4 Å². The number of nitrogens with zero attached hydrogens (tertiary/aromatic N) is 3. The van der Waals surface area contributed by atoms with Gasteiger partial charge in [0.25, 0.3) is 5.69 Å². The summed E-state index contributed by atoms with van der Waals surface area (Å²) in [5, 5.41) is 19.3. The predicted molar refractivity (Wildman–Crippen MR) is 47.2 cm³/mol. The summed E-state index contributed by atoms with van der Waals surface area (Å²) in [6.07, 6.45) is 0. The molecule has 0 amide bonds. The second kappa shape index (κ2) is 6.12. The minimum absolute atomic E-state index is 0. The third-order valence-corrected chi connectivity index (χ3v) is 1.52. The van der Waals surface area contributed by atoms with Gasteiger partial charge in [0.15, 0.2) is 0 Å². The van der Waals surface area contributed by atoms with Crippen LogP contribution < -0.4 is 0 Å². The molecule has 0 saturated carbocycles. The Morgan fingerprint density at radius 1 is 1.13 bits per heavy atom. The summed E-state index contributed by atoms with van der Waals surface area (Å²) in [5.41, 5.74) is 3.54. The minimum atomic E-state index is -0.790. The van der Waals surface area contributed by atoms with Crippen molar-refractivity contribution in [2.24, 2.45) is 0 Å². The molecule has 0 aliphatic rings. The van der Waals surface area contributed by atoms with Crippen LogP contribution in [-0.4, -0.2) is 9.96 Å². The zero-order valence-electron chi connectivity index (χ0n) is 7.29. The van der Waals surface area contributed by atoms with Gasteiger partial charge in [-0.05, 0) is 5.03 Å². The van der Waals surface area contributed by atoms with E-state index in [4.69, 9.17) is 0 Å². The fraction of sp³-hybridized carbons (Fsp3) is 0.143. The Morgan fingerprint density at radius 2 is 1.67 bits per heavy atom. The second-order valence-corrected chi connectivity index (χ2v) is 2.46. The van der Waals surface area contributed by atoms with Crippen LogP contribution in [0.25, 0.3) is 5.43 Å². The Balaban J connectivity index is 0.00000196. The summed E-state index contributed by atoms with van der Waals surface area (Å²) in [6.45, 7) is -0.0784. The molecule has 0 aliphatic heterocycles. The van der Waals surface area contributed by atoms with Gasteiger partial charge in [-0.1, -0.05) is 24.2 Å². The third kappa shape index (κ3) is 4.54. The fourth-order valence-corrected chi connectivity index (χ4v) is 0.862. The molecule has 0 spiro atoms. The van der Waals surface area contributed by atoms with Gasteiger partial charge in [0.05, 0.1) is 4.92 Å². The Kier molecular flexibility index (Phi) is 5.53. The maximum absolute atomic E-state index is 10.3. The minimum Gasteiger partial charge on any atom is -0.375 e. The van der Waals surface area contributed by atoms with Crippen molar-refractivity contribution in [3.8, 4) is 0 Å². The Morgan fingerprint density at radius 3 is 2.07 bits per heavy atom. The first kappa shape index (κ1) is 13.6. The fourth-order valence-electron chi connectivity index (χ4n) is 0.862. The molecule has 0 radical (unpaired) electrons. The molecule has 0 fully saturated rings. The molecule has 0 atom stereocenters. The number of hydrogen-bond donors (Lipinski definition) is 0. The van der Waals surface area contributed by atoms with Crippen molar-refractivity contribution in [2.75, 3.05) is 0 Å². The molecule has 0 bridgehead atoms. The van der Waals surface area contributed by atoms with E-state index in [0.717, 1.165) is 0 Å². The molecule has 1 aromatic rings. The van der Waals surface area contributed by atoms with Crippen molar-refractivity contribution in [2.45, 2.75) is 6.54 Å². The van der Waals surface area contributed by atoms with Crippen LogP contribution >= 0.6 is 0 Å². The van der Waals surface area contributed by atoms with Crippen LogP contribution in [0.2, 0.25) is 0 Å². The van der Waals surface area contributed by atoms with Crippen molar-refractivity contribution in [3.05, 3.63) is 55.5 Å². The van der Waals surface area contributed by atoms with Crippen LogP contribution in [0.4, 0.5) is 5.69 Å². The molecule has 8 heteroatoms. The first-order valence-corrected chi connectivity index (χ1v) is 3.65. The maximum Gasteiger partial charge on any atom is 1.00 e. The van der Waals surface area contributed by atoms with Crippen LogP contribution in [0.5, 0.6) is 0 Å². The standard InChI is InChI=1S/C7H6N3O4.Ag/c11-9(12)7-3-1-6(2-4-7)5-8-10(13)14;/h1-4H,5H2;/q-1;+1. The van der Waals surface area contributed by atoms with Crippen molar-refractivity contribution in [1.29, 1.82) is 0 Å². The Hall–Kier alpha value is -1.44. The van der Waals surface area contributed by atoms with Gasteiger partial charge in [-0.15, -0.1) is 0 Å². The first-order valence-electron chi connectivity index (χ1n) is 3.65. The molecule has 0 aromatic heterocycles. The number of non-ortho nitro benzene ring substituents is 1. The molecular weight excluding hydrogens is 298 g/mol. The van der Waals surface area contributed by atoms with E-state index in [9.17, 15) is 20.2 Å². The number of nitro groups is 2. The summed E-state index contributed by atoms with van der Waals surface area (Å²) in [6, 6.07) is 5.44.